The fourth-order valence-corrected chi connectivity index (χ4v) is 9.90. The molecule has 0 N–H and O–H groups in total. The second-order valence-corrected chi connectivity index (χ2v) is 16.9. The second kappa shape index (κ2) is 16.3. The topological polar surface area (TPSA) is 3.24 Å². The van der Waals surface area contributed by atoms with Gasteiger partial charge in [-0.1, -0.05) is 212 Å². The Morgan fingerprint density at radius 3 is 1.43 bits per heavy atom. The van der Waals surface area contributed by atoms with Gasteiger partial charge in [0, 0.05) is 17.1 Å². The van der Waals surface area contributed by atoms with Crippen LogP contribution in [0.2, 0.25) is 0 Å². The monoisotopic (exact) mass is 825 g/mol. The van der Waals surface area contributed by atoms with Crippen LogP contribution >= 0.6 is 0 Å². The Hall–Kier alpha value is -8.52. The van der Waals surface area contributed by atoms with Crippen molar-refractivity contribution in [1.82, 2.24) is 0 Å². The van der Waals surface area contributed by atoms with Crippen LogP contribution < -0.4 is 4.90 Å². The molecule has 0 aliphatic heterocycles. The summed E-state index contributed by atoms with van der Waals surface area (Å²) >= 11 is 0. The van der Waals surface area contributed by atoms with Crippen molar-refractivity contribution in [3.05, 3.63) is 261 Å². The normalized spacial score (nSPS) is 11.4. The Morgan fingerprint density at radius 1 is 0.200 bits per heavy atom. The molecule has 0 fully saturated rings. The maximum atomic E-state index is 2.41. The first-order valence-electron chi connectivity index (χ1n) is 22.4. The highest BCUT2D eigenvalue weighted by atomic mass is 15.1. The molecule has 0 bridgehead atoms. The quantitative estimate of drug-likeness (QED) is 0.138. The molecule has 0 aliphatic rings. The molecule has 0 heterocycles. The molecule has 0 aromatic heterocycles. The molecule has 0 saturated carbocycles. The van der Waals surface area contributed by atoms with Gasteiger partial charge in [0.1, 0.15) is 0 Å². The van der Waals surface area contributed by atoms with Crippen molar-refractivity contribution < 1.29 is 0 Å². The third-order valence-electron chi connectivity index (χ3n) is 13.0. The van der Waals surface area contributed by atoms with Gasteiger partial charge in [-0.3, -0.25) is 0 Å². The van der Waals surface area contributed by atoms with Gasteiger partial charge >= 0.3 is 0 Å². The molecule has 0 radical (unpaired) electrons. The summed E-state index contributed by atoms with van der Waals surface area (Å²) in [5, 5.41) is 9.91. The molecular formula is C64H43N. The SMILES string of the molecule is c1ccc(-c2ccc3cc(N(c4ccc(-c5ccc6c(c5)c(-c5ccccc5)c(-c5ccccc5)c5ccccc56)cc4)c4cccc(-c5cccc6ccccc56)c4)ccc3c2)cc1. The van der Waals surface area contributed by atoms with Gasteiger partial charge in [0.15, 0.2) is 0 Å². The highest BCUT2D eigenvalue weighted by Crippen LogP contribution is 2.46. The van der Waals surface area contributed by atoms with E-state index in [1.165, 1.54) is 98.7 Å². The number of anilines is 3. The van der Waals surface area contributed by atoms with E-state index in [4.69, 9.17) is 0 Å². The van der Waals surface area contributed by atoms with Crippen molar-refractivity contribution in [2.24, 2.45) is 0 Å². The van der Waals surface area contributed by atoms with Crippen LogP contribution in [0, 0.1) is 0 Å². The van der Waals surface area contributed by atoms with Gasteiger partial charge in [0.2, 0.25) is 0 Å². The van der Waals surface area contributed by atoms with Gasteiger partial charge in [0.25, 0.3) is 0 Å². The van der Waals surface area contributed by atoms with Crippen LogP contribution in [0.1, 0.15) is 0 Å². The van der Waals surface area contributed by atoms with Crippen molar-refractivity contribution in [3.8, 4) is 55.6 Å². The van der Waals surface area contributed by atoms with Gasteiger partial charge in [-0.2, -0.15) is 0 Å². The first-order chi connectivity index (χ1) is 32.2. The van der Waals surface area contributed by atoms with Crippen molar-refractivity contribution in [2.45, 2.75) is 0 Å². The first kappa shape index (κ1) is 38.2. The maximum Gasteiger partial charge on any atom is 0.0468 e. The molecule has 1 heteroatoms. The van der Waals surface area contributed by atoms with Crippen molar-refractivity contribution in [1.29, 1.82) is 0 Å². The van der Waals surface area contributed by atoms with Crippen LogP contribution in [0.3, 0.4) is 0 Å². The highest BCUT2D eigenvalue weighted by molar-refractivity contribution is 6.22. The molecule has 0 spiro atoms. The molecular weight excluding hydrogens is 783 g/mol. The molecule has 0 saturated heterocycles. The zero-order valence-corrected chi connectivity index (χ0v) is 35.8. The average molecular weight is 826 g/mol. The fraction of sp³-hybridized carbons (Fsp3) is 0. The Kier molecular flexibility index (Phi) is 9.58. The number of hydrogen-bond donors (Lipinski definition) is 0. The minimum absolute atomic E-state index is 1.09. The van der Waals surface area contributed by atoms with E-state index < -0.39 is 0 Å². The number of benzene rings is 12. The third-order valence-corrected chi connectivity index (χ3v) is 13.0. The molecule has 65 heavy (non-hydrogen) atoms. The fourth-order valence-electron chi connectivity index (χ4n) is 9.90. The summed E-state index contributed by atoms with van der Waals surface area (Å²) in [5.74, 6) is 0. The Labute approximate surface area is 379 Å². The van der Waals surface area contributed by atoms with Crippen molar-refractivity contribution in [3.63, 3.8) is 0 Å². The first-order valence-corrected chi connectivity index (χ1v) is 22.4. The summed E-state index contributed by atoms with van der Waals surface area (Å²) in [6, 6.07) is 95.3. The molecule has 12 aromatic carbocycles. The lowest BCUT2D eigenvalue weighted by molar-refractivity contribution is 1.29. The Balaban J connectivity index is 1.00. The van der Waals surface area contributed by atoms with E-state index in [0.717, 1.165) is 17.1 Å². The molecule has 1 nitrogen and oxygen atoms in total. The Morgan fingerprint density at radius 2 is 0.677 bits per heavy atom. The smallest absolute Gasteiger partial charge is 0.0468 e. The van der Waals surface area contributed by atoms with Crippen molar-refractivity contribution >= 4 is 60.2 Å². The van der Waals surface area contributed by atoms with Gasteiger partial charge in [-0.05, 0) is 147 Å². The number of rotatable bonds is 8. The molecule has 304 valence electrons. The predicted octanol–water partition coefficient (Wildman–Crippen LogP) is 18.1. The van der Waals surface area contributed by atoms with Gasteiger partial charge in [0.05, 0.1) is 0 Å². The minimum Gasteiger partial charge on any atom is -0.310 e. The largest absolute Gasteiger partial charge is 0.310 e. The lowest BCUT2D eigenvalue weighted by atomic mass is 9.84. The maximum absolute atomic E-state index is 2.41. The zero-order valence-electron chi connectivity index (χ0n) is 35.8. The summed E-state index contributed by atoms with van der Waals surface area (Å²) in [5.41, 5.74) is 15.4. The molecule has 0 unspecified atom stereocenters. The zero-order chi connectivity index (χ0) is 43.1. The highest BCUT2D eigenvalue weighted by Gasteiger charge is 2.19. The molecule has 0 amide bonds. The standard InChI is InChI=1S/C64H43N/c1-4-16-44(17-5-1)49-30-31-51-41-56(38-34-50(51)40-49)65(55-25-14-24-53(42-55)58-29-15-23-46-18-10-11-26-57(46)58)54-36-32-45(33-37-54)52-35-39-60-59-27-12-13-28-61(59)63(47-19-6-2-7-20-47)64(62(60)43-52)48-21-8-3-9-22-48/h1-43H. The van der Waals surface area contributed by atoms with Crippen LogP contribution in [0.5, 0.6) is 0 Å². The minimum atomic E-state index is 1.09. The third kappa shape index (κ3) is 7.01. The van der Waals surface area contributed by atoms with E-state index in [9.17, 15) is 0 Å². The number of fused-ring (bicyclic) bond motifs is 5. The van der Waals surface area contributed by atoms with E-state index in [1.807, 2.05) is 0 Å². The molecule has 12 rings (SSSR count). The van der Waals surface area contributed by atoms with Crippen LogP contribution in [0.15, 0.2) is 261 Å². The number of nitrogens with zero attached hydrogens (tertiary/aromatic N) is 1. The van der Waals surface area contributed by atoms with E-state index in [-0.39, 0.29) is 0 Å². The van der Waals surface area contributed by atoms with E-state index in [1.54, 1.807) is 0 Å². The summed E-state index contributed by atoms with van der Waals surface area (Å²) in [6.07, 6.45) is 0. The van der Waals surface area contributed by atoms with Gasteiger partial charge in [-0.15, -0.1) is 0 Å². The number of hydrogen-bond acceptors (Lipinski definition) is 1. The van der Waals surface area contributed by atoms with Crippen molar-refractivity contribution in [2.75, 3.05) is 4.90 Å². The summed E-state index contributed by atoms with van der Waals surface area (Å²) in [7, 11) is 0. The second-order valence-electron chi connectivity index (χ2n) is 16.9. The van der Waals surface area contributed by atoms with E-state index >= 15 is 0 Å². The predicted molar refractivity (Wildman–Crippen MR) is 278 cm³/mol. The van der Waals surface area contributed by atoms with Crippen LogP contribution in [0.25, 0.3) is 98.7 Å². The van der Waals surface area contributed by atoms with E-state index in [0.29, 0.717) is 0 Å². The van der Waals surface area contributed by atoms with Crippen LogP contribution in [-0.4, -0.2) is 0 Å². The Bertz CT molecular complexity index is 3680. The summed E-state index contributed by atoms with van der Waals surface area (Å²) < 4.78 is 0. The average Bonchev–Trinajstić information content (AvgIpc) is 3.39. The van der Waals surface area contributed by atoms with Gasteiger partial charge in [-0.25, -0.2) is 0 Å². The van der Waals surface area contributed by atoms with E-state index in [2.05, 4.69) is 266 Å². The lowest BCUT2D eigenvalue weighted by Crippen LogP contribution is -2.10. The van der Waals surface area contributed by atoms with Crippen LogP contribution in [0.4, 0.5) is 17.1 Å². The summed E-state index contributed by atoms with van der Waals surface area (Å²) in [4.78, 5) is 2.40. The van der Waals surface area contributed by atoms with Gasteiger partial charge < -0.3 is 4.90 Å². The molecule has 0 aliphatic carbocycles. The lowest BCUT2D eigenvalue weighted by Gasteiger charge is -2.27. The molecule has 12 aromatic rings. The summed E-state index contributed by atoms with van der Waals surface area (Å²) in [6.45, 7) is 0. The molecule has 0 atom stereocenters. The van der Waals surface area contributed by atoms with Crippen LogP contribution in [-0.2, 0) is 0 Å².